The van der Waals surface area contributed by atoms with Gasteiger partial charge in [-0.2, -0.15) is 0 Å². The van der Waals surface area contributed by atoms with Gasteiger partial charge < -0.3 is 9.47 Å². The molecule has 5 nitrogen and oxygen atoms in total. The maximum Gasteiger partial charge on any atom is 0.208 e. The van der Waals surface area contributed by atoms with Crippen molar-refractivity contribution in [3.63, 3.8) is 0 Å². The van der Waals surface area contributed by atoms with E-state index in [-0.39, 0.29) is 5.92 Å². The quantitative estimate of drug-likeness (QED) is 0.836. The average molecular weight is 301 g/mol. The molecule has 1 atom stereocenters. The van der Waals surface area contributed by atoms with Gasteiger partial charge in [0.25, 0.3) is 0 Å². The number of ether oxygens (including phenoxy) is 2. The normalized spacial score (nSPS) is 13.3. The SMILES string of the molecule is COc1ccc(C(CNS(C)(=O)=O)C(C)C)cc1OC. The van der Waals surface area contributed by atoms with Crippen LogP contribution in [-0.4, -0.2) is 35.4 Å². The molecule has 0 radical (unpaired) electrons. The Morgan fingerprint density at radius 1 is 1.15 bits per heavy atom. The van der Waals surface area contributed by atoms with Crippen molar-refractivity contribution < 1.29 is 17.9 Å². The molecule has 114 valence electrons. The highest BCUT2D eigenvalue weighted by Gasteiger charge is 2.19. The summed E-state index contributed by atoms with van der Waals surface area (Å²) in [6.45, 7) is 4.49. The zero-order chi connectivity index (χ0) is 15.3. The van der Waals surface area contributed by atoms with Gasteiger partial charge in [0.2, 0.25) is 10.0 Å². The Kier molecular flexibility index (Phi) is 5.83. The van der Waals surface area contributed by atoms with Gasteiger partial charge in [-0.25, -0.2) is 13.1 Å². The van der Waals surface area contributed by atoms with E-state index in [0.29, 0.717) is 24.0 Å². The number of benzene rings is 1. The Morgan fingerprint density at radius 2 is 1.75 bits per heavy atom. The molecule has 0 aliphatic rings. The van der Waals surface area contributed by atoms with E-state index >= 15 is 0 Å². The smallest absolute Gasteiger partial charge is 0.208 e. The van der Waals surface area contributed by atoms with Crippen molar-refractivity contribution in [3.8, 4) is 11.5 Å². The van der Waals surface area contributed by atoms with Crippen LogP contribution in [0.3, 0.4) is 0 Å². The lowest BCUT2D eigenvalue weighted by Gasteiger charge is -2.22. The first-order valence-corrected chi connectivity index (χ1v) is 8.34. The van der Waals surface area contributed by atoms with Gasteiger partial charge in [-0.05, 0) is 29.5 Å². The van der Waals surface area contributed by atoms with Crippen LogP contribution in [0.15, 0.2) is 18.2 Å². The van der Waals surface area contributed by atoms with Crippen LogP contribution in [0.25, 0.3) is 0 Å². The molecule has 0 saturated carbocycles. The van der Waals surface area contributed by atoms with Crippen molar-refractivity contribution in [2.45, 2.75) is 19.8 Å². The number of hydrogen-bond acceptors (Lipinski definition) is 4. The minimum absolute atomic E-state index is 0.0736. The Morgan fingerprint density at radius 3 is 2.20 bits per heavy atom. The van der Waals surface area contributed by atoms with Crippen LogP contribution in [0.2, 0.25) is 0 Å². The molecule has 0 bridgehead atoms. The Bertz CT molecular complexity index is 540. The predicted octanol–water partition coefficient (Wildman–Crippen LogP) is 1.99. The summed E-state index contributed by atoms with van der Waals surface area (Å²) in [5.41, 5.74) is 1.02. The molecule has 6 heteroatoms. The first kappa shape index (κ1) is 16.8. The molecule has 1 unspecified atom stereocenters. The third kappa shape index (κ3) is 4.68. The summed E-state index contributed by atoms with van der Waals surface area (Å²) in [6.07, 6.45) is 1.17. The molecule has 0 heterocycles. The van der Waals surface area contributed by atoms with Crippen LogP contribution < -0.4 is 14.2 Å². The molecule has 0 saturated heterocycles. The monoisotopic (exact) mass is 301 g/mol. The summed E-state index contributed by atoms with van der Waals surface area (Å²) in [7, 11) is -0.0251. The fraction of sp³-hybridized carbons (Fsp3) is 0.571. The fourth-order valence-electron chi connectivity index (χ4n) is 2.06. The summed E-state index contributed by atoms with van der Waals surface area (Å²) in [4.78, 5) is 0. The van der Waals surface area contributed by atoms with Gasteiger partial charge in [-0.15, -0.1) is 0 Å². The number of methoxy groups -OCH3 is 2. The van der Waals surface area contributed by atoms with Crippen molar-refractivity contribution in [1.82, 2.24) is 4.72 Å². The lowest BCUT2D eigenvalue weighted by molar-refractivity contribution is 0.353. The van der Waals surface area contributed by atoms with Gasteiger partial charge >= 0.3 is 0 Å². The van der Waals surface area contributed by atoms with Crippen molar-refractivity contribution in [3.05, 3.63) is 23.8 Å². The van der Waals surface area contributed by atoms with Gasteiger partial charge in [-0.1, -0.05) is 19.9 Å². The first-order chi connectivity index (χ1) is 9.28. The number of rotatable bonds is 7. The summed E-state index contributed by atoms with van der Waals surface area (Å²) in [6, 6.07) is 5.67. The topological polar surface area (TPSA) is 64.6 Å². The molecule has 20 heavy (non-hydrogen) atoms. The third-order valence-corrected chi connectivity index (χ3v) is 3.90. The van der Waals surface area contributed by atoms with E-state index in [1.54, 1.807) is 14.2 Å². The Balaban J connectivity index is 3.03. The lowest BCUT2D eigenvalue weighted by Crippen LogP contribution is -2.29. The van der Waals surface area contributed by atoms with E-state index in [2.05, 4.69) is 18.6 Å². The molecule has 0 fully saturated rings. The molecule has 0 aliphatic heterocycles. The van der Waals surface area contributed by atoms with Crippen LogP contribution >= 0.6 is 0 Å². The fourth-order valence-corrected chi connectivity index (χ4v) is 2.55. The highest BCUT2D eigenvalue weighted by atomic mass is 32.2. The summed E-state index contributed by atoms with van der Waals surface area (Å²) in [5, 5.41) is 0. The average Bonchev–Trinajstić information content (AvgIpc) is 2.36. The first-order valence-electron chi connectivity index (χ1n) is 6.45. The largest absolute Gasteiger partial charge is 0.493 e. The van der Waals surface area contributed by atoms with Crippen LogP contribution in [0, 0.1) is 5.92 Å². The highest BCUT2D eigenvalue weighted by molar-refractivity contribution is 7.88. The summed E-state index contributed by atoms with van der Waals surface area (Å²) < 4.78 is 35.6. The van der Waals surface area contributed by atoms with Gasteiger partial charge in [0.1, 0.15) is 0 Å². The zero-order valence-electron chi connectivity index (χ0n) is 12.6. The van der Waals surface area contributed by atoms with Gasteiger partial charge in [0.15, 0.2) is 11.5 Å². The second kappa shape index (κ2) is 6.95. The zero-order valence-corrected chi connectivity index (χ0v) is 13.5. The van der Waals surface area contributed by atoms with E-state index in [1.807, 2.05) is 18.2 Å². The molecule has 1 aromatic rings. The Labute approximate surface area is 121 Å². The lowest BCUT2D eigenvalue weighted by atomic mass is 9.88. The predicted molar refractivity (Wildman–Crippen MR) is 80.0 cm³/mol. The number of sulfonamides is 1. The maximum absolute atomic E-state index is 11.3. The minimum Gasteiger partial charge on any atom is -0.493 e. The molecule has 0 amide bonds. The molecular weight excluding hydrogens is 278 g/mol. The Hall–Kier alpha value is -1.27. The summed E-state index contributed by atoms with van der Waals surface area (Å²) >= 11 is 0. The molecule has 1 rings (SSSR count). The van der Waals surface area contributed by atoms with E-state index < -0.39 is 10.0 Å². The van der Waals surface area contributed by atoms with E-state index in [9.17, 15) is 8.42 Å². The maximum atomic E-state index is 11.3. The number of nitrogens with one attached hydrogen (secondary N) is 1. The molecule has 0 aromatic heterocycles. The van der Waals surface area contributed by atoms with Crippen LogP contribution in [0.5, 0.6) is 11.5 Å². The van der Waals surface area contributed by atoms with E-state index in [0.717, 1.165) is 5.56 Å². The van der Waals surface area contributed by atoms with Crippen molar-refractivity contribution in [2.75, 3.05) is 27.0 Å². The highest BCUT2D eigenvalue weighted by Crippen LogP contribution is 2.33. The third-order valence-electron chi connectivity index (χ3n) is 3.21. The van der Waals surface area contributed by atoms with Gasteiger partial charge in [-0.3, -0.25) is 0 Å². The van der Waals surface area contributed by atoms with Crippen molar-refractivity contribution >= 4 is 10.0 Å². The summed E-state index contributed by atoms with van der Waals surface area (Å²) in [5.74, 6) is 1.68. The second-order valence-electron chi connectivity index (χ2n) is 5.09. The van der Waals surface area contributed by atoms with Crippen molar-refractivity contribution in [1.29, 1.82) is 0 Å². The number of hydrogen-bond donors (Lipinski definition) is 1. The molecular formula is C14H23NO4S. The molecule has 0 aliphatic carbocycles. The minimum atomic E-state index is -3.20. The molecule has 1 aromatic carbocycles. The van der Waals surface area contributed by atoms with Crippen LogP contribution in [0.1, 0.15) is 25.3 Å². The van der Waals surface area contributed by atoms with E-state index in [1.165, 1.54) is 6.26 Å². The van der Waals surface area contributed by atoms with Crippen LogP contribution in [-0.2, 0) is 10.0 Å². The second-order valence-corrected chi connectivity index (χ2v) is 6.92. The van der Waals surface area contributed by atoms with Crippen LogP contribution in [0.4, 0.5) is 0 Å². The van der Waals surface area contributed by atoms with E-state index in [4.69, 9.17) is 9.47 Å². The standard InChI is InChI=1S/C14H23NO4S/c1-10(2)12(9-15-20(5,16)17)11-6-7-13(18-3)14(8-11)19-4/h6-8,10,12,15H,9H2,1-5H3. The molecule has 1 N–H and O–H groups in total. The molecule has 0 spiro atoms. The van der Waals surface area contributed by atoms with Gasteiger partial charge in [0, 0.05) is 6.54 Å². The van der Waals surface area contributed by atoms with Crippen molar-refractivity contribution in [2.24, 2.45) is 5.92 Å². The van der Waals surface area contributed by atoms with Gasteiger partial charge in [0.05, 0.1) is 20.5 Å².